The highest BCUT2D eigenvalue weighted by molar-refractivity contribution is 5.94. The lowest BCUT2D eigenvalue weighted by Gasteiger charge is -2.10. The molecule has 0 fully saturated rings. The van der Waals surface area contributed by atoms with Crippen molar-refractivity contribution in [3.8, 4) is 5.75 Å². The van der Waals surface area contributed by atoms with Gasteiger partial charge in [0.2, 0.25) is 0 Å². The largest absolute Gasteiger partial charge is 0.496 e. The summed E-state index contributed by atoms with van der Waals surface area (Å²) in [4.78, 5) is 12.3. The number of carbonyl (C=O) groups is 1. The molecule has 2 rings (SSSR count). The van der Waals surface area contributed by atoms with E-state index in [4.69, 9.17) is 4.74 Å². The topological polar surface area (TPSA) is 38.3 Å². The molecule has 2 aromatic rings. The van der Waals surface area contributed by atoms with Crippen LogP contribution < -0.4 is 10.1 Å². The zero-order valence-corrected chi connectivity index (χ0v) is 14.5. The molecular weight excluding hydrogens is 298 g/mol. The van der Waals surface area contributed by atoms with E-state index in [-0.39, 0.29) is 5.91 Å². The van der Waals surface area contributed by atoms with Crippen molar-refractivity contribution in [2.45, 2.75) is 26.2 Å². The molecule has 1 amide bonds. The second kappa shape index (κ2) is 8.92. The Balaban J connectivity index is 1.86. The Morgan fingerprint density at radius 1 is 1.21 bits per heavy atom. The zero-order valence-electron chi connectivity index (χ0n) is 14.5. The molecule has 3 nitrogen and oxygen atoms in total. The third-order valence-corrected chi connectivity index (χ3v) is 3.96. The van der Waals surface area contributed by atoms with Crippen molar-refractivity contribution in [2.75, 3.05) is 13.7 Å². The standard InChI is InChI=1S/C21H25NO2/c1-4-6-18-15-19(12-13-20(18)24-3)21(23)22-14-5-7-17-10-8-16(2)9-11-17/h4,8-13,15H,1,5-7,14H2,2-3H3,(H,22,23). The molecule has 0 heterocycles. The first-order valence-electron chi connectivity index (χ1n) is 8.25. The van der Waals surface area contributed by atoms with Crippen LogP contribution in [-0.2, 0) is 12.8 Å². The molecule has 0 unspecified atom stereocenters. The van der Waals surface area contributed by atoms with E-state index < -0.39 is 0 Å². The van der Waals surface area contributed by atoms with Crippen LogP contribution in [0.2, 0.25) is 0 Å². The first-order chi connectivity index (χ1) is 11.6. The molecule has 1 N–H and O–H groups in total. The SMILES string of the molecule is C=CCc1cc(C(=O)NCCCc2ccc(C)cc2)ccc1OC. The summed E-state index contributed by atoms with van der Waals surface area (Å²) >= 11 is 0. The molecule has 0 aliphatic carbocycles. The minimum absolute atomic E-state index is 0.0492. The Bertz CT molecular complexity index is 689. The molecule has 0 aromatic heterocycles. The van der Waals surface area contributed by atoms with Crippen molar-refractivity contribution in [1.82, 2.24) is 5.32 Å². The van der Waals surface area contributed by atoms with E-state index in [0.29, 0.717) is 18.5 Å². The summed E-state index contributed by atoms with van der Waals surface area (Å²) in [5.41, 5.74) is 4.19. The molecule has 0 atom stereocenters. The monoisotopic (exact) mass is 323 g/mol. The van der Waals surface area contributed by atoms with Crippen LogP contribution in [0.5, 0.6) is 5.75 Å². The van der Waals surface area contributed by atoms with Crippen molar-refractivity contribution >= 4 is 5.91 Å². The van der Waals surface area contributed by atoms with E-state index in [1.807, 2.05) is 12.1 Å². The third-order valence-electron chi connectivity index (χ3n) is 3.96. The van der Waals surface area contributed by atoms with Crippen LogP contribution in [0.15, 0.2) is 55.1 Å². The van der Waals surface area contributed by atoms with Gasteiger partial charge < -0.3 is 10.1 Å². The summed E-state index contributed by atoms with van der Waals surface area (Å²) in [6.45, 7) is 6.49. The van der Waals surface area contributed by atoms with Gasteiger partial charge in [-0.2, -0.15) is 0 Å². The summed E-state index contributed by atoms with van der Waals surface area (Å²) in [7, 11) is 1.63. The molecule has 3 heteroatoms. The Hall–Kier alpha value is -2.55. The summed E-state index contributed by atoms with van der Waals surface area (Å²) in [6, 6.07) is 14.0. The van der Waals surface area contributed by atoms with Crippen LogP contribution >= 0.6 is 0 Å². The summed E-state index contributed by atoms with van der Waals surface area (Å²) in [5, 5.41) is 2.98. The van der Waals surface area contributed by atoms with Crippen LogP contribution in [-0.4, -0.2) is 19.6 Å². The Kier molecular flexibility index (Phi) is 6.62. The molecule has 0 aliphatic heterocycles. The number of rotatable bonds is 8. The van der Waals surface area contributed by atoms with E-state index in [2.05, 4.69) is 43.1 Å². The number of ether oxygens (including phenoxy) is 1. The minimum Gasteiger partial charge on any atom is -0.496 e. The number of allylic oxidation sites excluding steroid dienone is 1. The van der Waals surface area contributed by atoms with E-state index in [9.17, 15) is 4.79 Å². The van der Waals surface area contributed by atoms with Crippen LogP contribution in [0.3, 0.4) is 0 Å². The zero-order chi connectivity index (χ0) is 17.4. The molecule has 0 aliphatic rings. The Labute approximate surface area is 144 Å². The summed E-state index contributed by atoms with van der Waals surface area (Å²) in [5.74, 6) is 0.734. The molecule has 0 saturated carbocycles. The van der Waals surface area contributed by atoms with Crippen molar-refractivity contribution in [1.29, 1.82) is 0 Å². The molecule has 0 radical (unpaired) electrons. The van der Waals surface area contributed by atoms with Crippen LogP contribution in [0.1, 0.15) is 33.5 Å². The van der Waals surface area contributed by atoms with Gasteiger partial charge in [-0.15, -0.1) is 6.58 Å². The predicted molar refractivity (Wildman–Crippen MR) is 98.7 cm³/mol. The Morgan fingerprint density at radius 3 is 2.62 bits per heavy atom. The molecule has 2 aromatic carbocycles. The minimum atomic E-state index is -0.0492. The normalized spacial score (nSPS) is 10.2. The van der Waals surface area contributed by atoms with Gasteiger partial charge in [0.05, 0.1) is 7.11 Å². The predicted octanol–water partition coefficient (Wildman–Crippen LogP) is 4.09. The maximum atomic E-state index is 12.3. The molecular formula is C21H25NO2. The van der Waals surface area contributed by atoms with Gasteiger partial charge in [-0.25, -0.2) is 0 Å². The van der Waals surface area contributed by atoms with Crippen LogP contribution in [0.25, 0.3) is 0 Å². The van der Waals surface area contributed by atoms with Gasteiger partial charge in [0.15, 0.2) is 0 Å². The second-order valence-corrected chi connectivity index (χ2v) is 5.86. The third kappa shape index (κ3) is 4.98. The fourth-order valence-corrected chi connectivity index (χ4v) is 2.59. The van der Waals surface area contributed by atoms with E-state index in [1.54, 1.807) is 19.3 Å². The number of nitrogens with one attached hydrogen (secondary N) is 1. The molecule has 0 spiro atoms. The van der Waals surface area contributed by atoms with Gasteiger partial charge in [0.25, 0.3) is 5.91 Å². The number of benzene rings is 2. The number of amides is 1. The highest BCUT2D eigenvalue weighted by Gasteiger charge is 2.09. The van der Waals surface area contributed by atoms with Gasteiger partial charge in [0.1, 0.15) is 5.75 Å². The maximum absolute atomic E-state index is 12.3. The van der Waals surface area contributed by atoms with Gasteiger partial charge in [-0.3, -0.25) is 4.79 Å². The average Bonchev–Trinajstić information content (AvgIpc) is 2.60. The second-order valence-electron chi connectivity index (χ2n) is 5.86. The van der Waals surface area contributed by atoms with Crippen LogP contribution in [0.4, 0.5) is 0 Å². The fourth-order valence-electron chi connectivity index (χ4n) is 2.59. The van der Waals surface area contributed by atoms with Gasteiger partial charge >= 0.3 is 0 Å². The van der Waals surface area contributed by atoms with E-state index >= 15 is 0 Å². The summed E-state index contributed by atoms with van der Waals surface area (Å²) < 4.78 is 5.31. The number of hydrogen-bond donors (Lipinski definition) is 1. The lowest BCUT2D eigenvalue weighted by Crippen LogP contribution is -2.24. The van der Waals surface area contributed by atoms with Gasteiger partial charge in [0, 0.05) is 12.1 Å². The van der Waals surface area contributed by atoms with Crippen LogP contribution in [0, 0.1) is 6.92 Å². The first-order valence-corrected chi connectivity index (χ1v) is 8.25. The van der Waals surface area contributed by atoms with Crippen molar-refractivity contribution in [2.24, 2.45) is 0 Å². The fraction of sp³-hybridized carbons (Fsp3) is 0.286. The van der Waals surface area contributed by atoms with Crippen molar-refractivity contribution in [3.05, 3.63) is 77.4 Å². The lowest BCUT2D eigenvalue weighted by atomic mass is 10.1. The van der Waals surface area contributed by atoms with Crippen molar-refractivity contribution in [3.63, 3.8) is 0 Å². The van der Waals surface area contributed by atoms with Gasteiger partial charge in [-0.1, -0.05) is 35.9 Å². The maximum Gasteiger partial charge on any atom is 0.251 e. The van der Waals surface area contributed by atoms with Crippen molar-refractivity contribution < 1.29 is 9.53 Å². The van der Waals surface area contributed by atoms with E-state index in [0.717, 1.165) is 24.2 Å². The molecule has 126 valence electrons. The molecule has 0 bridgehead atoms. The number of aryl methyl sites for hydroxylation is 2. The number of carbonyl (C=O) groups excluding carboxylic acids is 1. The number of hydrogen-bond acceptors (Lipinski definition) is 2. The smallest absolute Gasteiger partial charge is 0.251 e. The average molecular weight is 323 g/mol. The highest BCUT2D eigenvalue weighted by atomic mass is 16.5. The number of methoxy groups -OCH3 is 1. The first kappa shape index (κ1) is 17.8. The van der Waals surface area contributed by atoms with E-state index in [1.165, 1.54) is 11.1 Å². The molecule has 24 heavy (non-hydrogen) atoms. The molecule has 0 saturated heterocycles. The lowest BCUT2D eigenvalue weighted by molar-refractivity contribution is 0.0953. The highest BCUT2D eigenvalue weighted by Crippen LogP contribution is 2.20. The quantitative estimate of drug-likeness (QED) is 0.587. The Morgan fingerprint density at radius 2 is 1.96 bits per heavy atom. The van der Waals surface area contributed by atoms with Gasteiger partial charge in [-0.05, 0) is 55.5 Å². The summed E-state index contributed by atoms with van der Waals surface area (Å²) in [6.07, 6.45) is 4.37.